The van der Waals surface area contributed by atoms with Gasteiger partial charge < -0.3 is 15.0 Å². The Morgan fingerprint density at radius 3 is 2.36 bits per heavy atom. The zero-order valence-electron chi connectivity index (χ0n) is 20.2. The lowest BCUT2D eigenvalue weighted by Gasteiger charge is -2.52. The molecule has 0 saturated carbocycles. The van der Waals surface area contributed by atoms with Gasteiger partial charge in [-0.05, 0) is 31.0 Å². The fourth-order valence-corrected chi connectivity index (χ4v) is 5.46. The number of nitrogens with one attached hydrogen (secondary N) is 2. The van der Waals surface area contributed by atoms with Crippen LogP contribution in [0.1, 0.15) is 31.0 Å². The van der Waals surface area contributed by atoms with Crippen molar-refractivity contribution in [2.75, 3.05) is 29.9 Å². The van der Waals surface area contributed by atoms with Gasteiger partial charge in [-0.1, -0.05) is 60.7 Å². The third-order valence-electron chi connectivity index (χ3n) is 7.14. The van der Waals surface area contributed by atoms with E-state index in [1.54, 1.807) is 13.0 Å². The zero-order chi connectivity index (χ0) is 24.9. The first-order valence-corrected chi connectivity index (χ1v) is 12.2. The lowest BCUT2D eigenvalue weighted by molar-refractivity contribution is -0.122. The Hall–Kier alpha value is -3.91. The van der Waals surface area contributed by atoms with Gasteiger partial charge in [0.25, 0.3) is 5.91 Å². The first-order valence-electron chi connectivity index (χ1n) is 12.2. The van der Waals surface area contributed by atoms with Gasteiger partial charge in [0.2, 0.25) is 0 Å². The summed E-state index contributed by atoms with van der Waals surface area (Å²) in [6, 6.07) is 23.7. The summed E-state index contributed by atoms with van der Waals surface area (Å²) in [5.41, 5.74) is 5.67. The minimum absolute atomic E-state index is 0.121. The molecule has 1 unspecified atom stereocenters. The Balaban J connectivity index is 1.26. The zero-order valence-corrected chi connectivity index (χ0v) is 20.2. The molecule has 3 aromatic rings. The van der Waals surface area contributed by atoms with E-state index >= 15 is 4.39 Å². The number of carbonyl (C=O) groups excluding carboxylic acids is 1. The van der Waals surface area contributed by atoms with Crippen molar-refractivity contribution in [1.29, 1.82) is 0 Å². The van der Waals surface area contributed by atoms with E-state index in [1.165, 1.54) is 17.2 Å². The van der Waals surface area contributed by atoms with Gasteiger partial charge in [0.05, 0.1) is 23.0 Å². The summed E-state index contributed by atoms with van der Waals surface area (Å²) in [6.45, 7) is 5.56. The van der Waals surface area contributed by atoms with Crippen LogP contribution < -0.4 is 20.4 Å². The highest BCUT2D eigenvalue weighted by Gasteiger charge is 2.44. The van der Waals surface area contributed by atoms with Crippen molar-refractivity contribution in [3.05, 3.63) is 89.7 Å². The number of amides is 1. The summed E-state index contributed by atoms with van der Waals surface area (Å²) in [6.07, 6.45) is 0. The number of ether oxygens (including phenoxy) is 1. The molecule has 0 spiro atoms. The van der Waals surface area contributed by atoms with E-state index in [-0.39, 0.29) is 29.9 Å². The highest BCUT2D eigenvalue weighted by Crippen LogP contribution is 2.41. The third kappa shape index (κ3) is 3.87. The molecule has 0 aromatic heterocycles. The van der Waals surface area contributed by atoms with E-state index in [1.807, 2.05) is 17.0 Å². The van der Waals surface area contributed by atoms with Crippen molar-refractivity contribution in [2.45, 2.75) is 31.5 Å². The van der Waals surface area contributed by atoms with Crippen LogP contribution in [0.25, 0.3) is 0 Å². The van der Waals surface area contributed by atoms with Gasteiger partial charge in [-0.15, -0.1) is 0 Å². The first kappa shape index (κ1) is 22.5. The van der Waals surface area contributed by atoms with Crippen molar-refractivity contribution in [3.63, 3.8) is 0 Å². The molecule has 1 amide bonds. The molecule has 0 radical (unpaired) electrons. The molecule has 0 bridgehead atoms. The number of anilines is 2. The second-order valence-electron chi connectivity index (χ2n) is 9.95. The van der Waals surface area contributed by atoms with Crippen LogP contribution in [0, 0.1) is 5.82 Å². The Bertz CT molecular complexity index is 1290. The van der Waals surface area contributed by atoms with Gasteiger partial charge in [-0.25, -0.2) is 9.82 Å². The number of rotatable bonds is 5. The average Bonchev–Trinajstić information content (AvgIpc) is 2.87. The molecule has 8 heteroatoms. The van der Waals surface area contributed by atoms with Crippen LogP contribution >= 0.6 is 0 Å². The monoisotopic (exact) mass is 485 g/mol. The molecular weight excluding hydrogens is 457 g/mol. The molecule has 36 heavy (non-hydrogen) atoms. The van der Waals surface area contributed by atoms with Crippen molar-refractivity contribution in [1.82, 2.24) is 10.3 Å². The van der Waals surface area contributed by atoms with Crippen LogP contribution in [0.4, 0.5) is 15.8 Å². The lowest BCUT2D eigenvalue weighted by Crippen LogP contribution is -2.65. The fourth-order valence-electron chi connectivity index (χ4n) is 5.46. The van der Waals surface area contributed by atoms with E-state index in [4.69, 9.17) is 4.74 Å². The summed E-state index contributed by atoms with van der Waals surface area (Å²) >= 11 is 0. The number of benzene rings is 3. The molecule has 7 nitrogen and oxygen atoms in total. The maximum absolute atomic E-state index is 15.2. The minimum atomic E-state index is -0.467. The topological polar surface area (TPSA) is 69.2 Å². The summed E-state index contributed by atoms with van der Waals surface area (Å²) in [5, 5.41) is 7.56. The van der Waals surface area contributed by atoms with Crippen molar-refractivity contribution < 1.29 is 13.9 Å². The Morgan fingerprint density at radius 1 is 1.08 bits per heavy atom. The predicted octanol–water partition coefficient (Wildman–Crippen LogP) is 4.13. The second-order valence-corrected chi connectivity index (χ2v) is 9.95. The molecule has 0 aliphatic carbocycles. The molecule has 184 valence electrons. The minimum Gasteiger partial charge on any atom is -0.483 e. The maximum Gasteiger partial charge on any atom is 0.262 e. The quantitative estimate of drug-likeness (QED) is 0.569. The number of nitrogens with zero attached hydrogens (tertiary/aromatic N) is 3. The molecule has 2 N–H and O–H groups in total. The van der Waals surface area contributed by atoms with Gasteiger partial charge in [-0.2, -0.15) is 5.10 Å². The highest BCUT2D eigenvalue weighted by molar-refractivity contribution is 6.09. The van der Waals surface area contributed by atoms with Gasteiger partial charge in [0.15, 0.2) is 5.84 Å². The Morgan fingerprint density at radius 2 is 1.72 bits per heavy atom. The lowest BCUT2D eigenvalue weighted by atomic mass is 9.86. The number of likely N-dealkylation sites (tertiary alicyclic amines) is 1. The Kier molecular flexibility index (Phi) is 5.41. The van der Waals surface area contributed by atoms with E-state index in [2.05, 4.69) is 76.2 Å². The van der Waals surface area contributed by atoms with Crippen LogP contribution in [-0.2, 0) is 4.79 Å². The van der Waals surface area contributed by atoms with Crippen LogP contribution in [-0.4, -0.2) is 47.9 Å². The van der Waals surface area contributed by atoms with Crippen molar-refractivity contribution in [3.8, 4) is 5.75 Å². The van der Waals surface area contributed by atoms with Gasteiger partial charge >= 0.3 is 0 Å². The van der Waals surface area contributed by atoms with Crippen LogP contribution in [0.3, 0.4) is 0 Å². The molecule has 6 rings (SSSR count). The number of hydrogen-bond donors (Lipinski definition) is 2. The molecule has 1 saturated heterocycles. The molecule has 1 atom stereocenters. The number of amidine groups is 1. The standard InChI is InChI=1S/C28H28FN5O2/c1-18-27(35)32-31-25-15-36-24-13-21(29)22(14-23(24)34(18)25)30-28(2)16-33(17-28)26(19-9-5-3-6-10-19)20-11-7-4-8-12-20/h3-14,18,26,30H,15-17H2,1-2H3,(H,32,35). The summed E-state index contributed by atoms with van der Waals surface area (Å²) in [5.74, 6) is 0.416. The van der Waals surface area contributed by atoms with E-state index in [0.29, 0.717) is 23.0 Å². The molecule has 3 heterocycles. The molecule has 3 aromatic carbocycles. The van der Waals surface area contributed by atoms with Gasteiger partial charge in [0.1, 0.15) is 24.2 Å². The average molecular weight is 486 g/mol. The fraction of sp³-hybridized carbons (Fsp3) is 0.286. The van der Waals surface area contributed by atoms with Crippen molar-refractivity contribution in [2.24, 2.45) is 5.10 Å². The summed E-state index contributed by atoms with van der Waals surface area (Å²) < 4.78 is 20.9. The van der Waals surface area contributed by atoms with Gasteiger partial charge in [0, 0.05) is 19.2 Å². The predicted molar refractivity (Wildman–Crippen MR) is 138 cm³/mol. The van der Waals surface area contributed by atoms with E-state index in [0.717, 1.165) is 13.1 Å². The highest BCUT2D eigenvalue weighted by atomic mass is 19.1. The molecule has 3 aliphatic heterocycles. The molecular formula is C28H28FN5O2. The van der Waals surface area contributed by atoms with Crippen LogP contribution in [0.5, 0.6) is 5.75 Å². The number of hydrazone groups is 1. The number of halogens is 1. The third-order valence-corrected chi connectivity index (χ3v) is 7.14. The summed E-state index contributed by atoms with van der Waals surface area (Å²) in [4.78, 5) is 16.5. The number of hydrogen-bond acceptors (Lipinski definition) is 6. The number of carbonyl (C=O) groups is 1. The normalized spacial score (nSPS) is 20.4. The largest absolute Gasteiger partial charge is 0.483 e. The second kappa shape index (κ2) is 8.64. The SMILES string of the molecule is CC1C(=O)NN=C2COc3cc(F)c(NC4(C)CN(C(c5ccccc5)c5ccccc5)C4)cc3N21. The van der Waals surface area contributed by atoms with Crippen LogP contribution in [0.15, 0.2) is 77.9 Å². The van der Waals surface area contributed by atoms with E-state index in [9.17, 15) is 4.79 Å². The van der Waals surface area contributed by atoms with Crippen molar-refractivity contribution >= 4 is 23.1 Å². The molecule has 3 aliphatic rings. The first-order chi connectivity index (χ1) is 17.4. The number of fused-ring (bicyclic) bond motifs is 3. The maximum atomic E-state index is 15.2. The van der Waals surface area contributed by atoms with Gasteiger partial charge in [-0.3, -0.25) is 9.69 Å². The van der Waals surface area contributed by atoms with E-state index < -0.39 is 6.04 Å². The smallest absolute Gasteiger partial charge is 0.262 e. The molecule has 1 fully saturated rings. The Labute approximate surface area is 209 Å². The summed E-state index contributed by atoms with van der Waals surface area (Å²) in [7, 11) is 0. The van der Waals surface area contributed by atoms with Crippen LogP contribution in [0.2, 0.25) is 0 Å².